The van der Waals surface area contributed by atoms with E-state index < -0.39 is 11.9 Å². The maximum atomic E-state index is 10.1. The summed E-state index contributed by atoms with van der Waals surface area (Å²) in [6, 6.07) is 3.19. The van der Waals surface area contributed by atoms with Crippen LogP contribution in [0.4, 0.5) is 0 Å². The topological polar surface area (TPSA) is 122 Å². The Labute approximate surface area is 92.3 Å². The van der Waals surface area contributed by atoms with E-state index in [-0.39, 0.29) is 5.57 Å². The summed E-state index contributed by atoms with van der Waals surface area (Å²) in [6.45, 7) is 1.69. The standard InChI is InChI=1S/C6H7NO2.C4H3NO2/c1-2-5(3-4-7)6(8)9;5-3-1-2-4(6)7/h3H,2H2,1H3,(H,8,9);1-2H,(H,6,7). The minimum Gasteiger partial charge on any atom is -0.478 e. The molecule has 0 aromatic heterocycles. The van der Waals surface area contributed by atoms with E-state index in [2.05, 4.69) is 0 Å². The average molecular weight is 222 g/mol. The molecule has 0 aromatic rings. The molecule has 0 amide bonds. The zero-order valence-electron chi connectivity index (χ0n) is 8.54. The van der Waals surface area contributed by atoms with Crippen LogP contribution >= 0.6 is 0 Å². The summed E-state index contributed by atoms with van der Waals surface area (Å²) in [5, 5.41) is 31.8. The van der Waals surface area contributed by atoms with Crippen molar-refractivity contribution in [1.82, 2.24) is 0 Å². The van der Waals surface area contributed by atoms with Gasteiger partial charge in [-0.15, -0.1) is 0 Å². The highest BCUT2D eigenvalue weighted by atomic mass is 16.4. The first-order valence-electron chi connectivity index (χ1n) is 4.10. The quantitative estimate of drug-likeness (QED) is 0.544. The van der Waals surface area contributed by atoms with Gasteiger partial charge in [-0.1, -0.05) is 6.92 Å². The Bertz CT molecular complexity index is 383. The SMILES string of the molecule is CCC(=CC#N)C(=O)O.N#CC=CC(=O)O. The van der Waals surface area contributed by atoms with Gasteiger partial charge in [0.1, 0.15) is 0 Å². The Morgan fingerprint density at radius 1 is 1.25 bits per heavy atom. The first-order valence-corrected chi connectivity index (χ1v) is 4.10. The van der Waals surface area contributed by atoms with Crippen LogP contribution in [0.25, 0.3) is 0 Å². The Kier molecular flexibility index (Phi) is 10.4. The lowest BCUT2D eigenvalue weighted by Crippen LogP contribution is -1.97. The van der Waals surface area contributed by atoms with Gasteiger partial charge in [-0.05, 0) is 6.42 Å². The molecule has 84 valence electrons. The lowest BCUT2D eigenvalue weighted by molar-refractivity contribution is -0.133. The first-order chi connectivity index (χ1) is 7.49. The van der Waals surface area contributed by atoms with E-state index in [0.29, 0.717) is 6.42 Å². The molecule has 0 aliphatic rings. The van der Waals surface area contributed by atoms with E-state index in [4.69, 9.17) is 20.7 Å². The van der Waals surface area contributed by atoms with Gasteiger partial charge in [0.2, 0.25) is 0 Å². The lowest BCUT2D eigenvalue weighted by atomic mass is 10.2. The van der Waals surface area contributed by atoms with Crippen LogP contribution < -0.4 is 0 Å². The van der Waals surface area contributed by atoms with E-state index in [1.807, 2.05) is 0 Å². The van der Waals surface area contributed by atoms with Crippen LogP contribution in [-0.4, -0.2) is 22.2 Å². The van der Waals surface area contributed by atoms with Gasteiger partial charge < -0.3 is 10.2 Å². The zero-order valence-corrected chi connectivity index (χ0v) is 8.54. The zero-order chi connectivity index (χ0) is 13.0. The number of carboxylic acids is 2. The molecule has 6 heteroatoms. The minimum absolute atomic E-state index is 0.150. The average Bonchev–Trinajstić information content (AvgIpc) is 2.23. The predicted molar refractivity (Wildman–Crippen MR) is 54.0 cm³/mol. The van der Waals surface area contributed by atoms with Crippen molar-refractivity contribution >= 4 is 11.9 Å². The van der Waals surface area contributed by atoms with Gasteiger partial charge in [-0.25, -0.2) is 9.59 Å². The van der Waals surface area contributed by atoms with E-state index in [1.165, 1.54) is 6.07 Å². The number of nitrogens with zero attached hydrogens (tertiary/aromatic N) is 2. The van der Waals surface area contributed by atoms with Gasteiger partial charge in [0, 0.05) is 23.8 Å². The van der Waals surface area contributed by atoms with Crippen LogP contribution in [0, 0.1) is 22.7 Å². The fourth-order valence-corrected chi connectivity index (χ4v) is 0.502. The lowest BCUT2D eigenvalue weighted by Gasteiger charge is -1.89. The second kappa shape index (κ2) is 10.5. The van der Waals surface area contributed by atoms with Crippen molar-refractivity contribution in [3.63, 3.8) is 0 Å². The second-order valence-electron chi connectivity index (χ2n) is 2.26. The molecular formula is C10H10N2O4. The smallest absolute Gasteiger partial charge is 0.332 e. The van der Waals surface area contributed by atoms with Crippen molar-refractivity contribution in [2.75, 3.05) is 0 Å². The van der Waals surface area contributed by atoms with Crippen molar-refractivity contribution in [2.24, 2.45) is 0 Å². The van der Waals surface area contributed by atoms with E-state index in [1.54, 1.807) is 13.0 Å². The molecule has 0 spiro atoms. The third kappa shape index (κ3) is 11.4. The summed E-state index contributed by atoms with van der Waals surface area (Å²) in [5.41, 5.74) is 0.150. The van der Waals surface area contributed by atoms with Crippen LogP contribution in [-0.2, 0) is 9.59 Å². The highest BCUT2D eigenvalue weighted by Gasteiger charge is 2.01. The second-order valence-corrected chi connectivity index (χ2v) is 2.26. The summed E-state index contributed by atoms with van der Waals surface area (Å²) in [5.74, 6) is -2.11. The highest BCUT2D eigenvalue weighted by molar-refractivity contribution is 5.86. The normalized spacial score (nSPS) is 9.56. The number of carboxylic acid groups (broad SMARTS) is 2. The number of nitriles is 2. The fourth-order valence-electron chi connectivity index (χ4n) is 0.502. The summed E-state index contributed by atoms with van der Waals surface area (Å²) in [6.07, 6.45) is 3.12. The summed E-state index contributed by atoms with van der Waals surface area (Å²) < 4.78 is 0. The number of hydrogen-bond acceptors (Lipinski definition) is 4. The van der Waals surface area contributed by atoms with Gasteiger partial charge in [-0.3, -0.25) is 0 Å². The number of hydrogen-bond donors (Lipinski definition) is 2. The molecule has 0 rings (SSSR count). The van der Waals surface area contributed by atoms with Crippen molar-refractivity contribution in [3.8, 4) is 12.1 Å². The molecule has 0 saturated carbocycles. The molecule has 6 nitrogen and oxygen atoms in total. The Hall–Kier alpha value is -2.60. The van der Waals surface area contributed by atoms with Crippen LogP contribution in [0.3, 0.4) is 0 Å². The molecule has 0 radical (unpaired) electrons. The van der Waals surface area contributed by atoms with Crippen LogP contribution in [0.15, 0.2) is 23.8 Å². The van der Waals surface area contributed by atoms with Crippen molar-refractivity contribution in [3.05, 3.63) is 23.8 Å². The predicted octanol–water partition coefficient (Wildman–Crippen LogP) is 1.08. The van der Waals surface area contributed by atoms with E-state index in [9.17, 15) is 9.59 Å². The molecule has 0 unspecified atom stereocenters. The maximum absolute atomic E-state index is 10.1. The summed E-state index contributed by atoms with van der Waals surface area (Å²) >= 11 is 0. The number of aliphatic carboxylic acids is 2. The van der Waals surface area contributed by atoms with Crippen LogP contribution in [0.1, 0.15) is 13.3 Å². The molecule has 0 bridgehead atoms. The van der Waals surface area contributed by atoms with Gasteiger partial charge in [0.25, 0.3) is 0 Å². The summed E-state index contributed by atoms with van der Waals surface area (Å²) in [4.78, 5) is 19.6. The van der Waals surface area contributed by atoms with Gasteiger partial charge in [0.15, 0.2) is 0 Å². The third-order valence-corrected chi connectivity index (χ3v) is 1.19. The fraction of sp³-hybridized carbons (Fsp3) is 0.200. The maximum Gasteiger partial charge on any atom is 0.332 e. The Balaban J connectivity index is 0. The van der Waals surface area contributed by atoms with Crippen LogP contribution in [0.5, 0.6) is 0 Å². The largest absolute Gasteiger partial charge is 0.478 e. The number of allylic oxidation sites excluding steroid dienone is 2. The highest BCUT2D eigenvalue weighted by Crippen LogP contribution is 1.97. The Morgan fingerprint density at radius 2 is 1.81 bits per heavy atom. The van der Waals surface area contributed by atoms with E-state index >= 15 is 0 Å². The van der Waals surface area contributed by atoms with Crippen molar-refractivity contribution in [2.45, 2.75) is 13.3 Å². The van der Waals surface area contributed by atoms with E-state index in [0.717, 1.165) is 18.2 Å². The van der Waals surface area contributed by atoms with Gasteiger partial charge in [-0.2, -0.15) is 10.5 Å². The minimum atomic E-state index is -1.10. The molecule has 0 atom stereocenters. The monoisotopic (exact) mass is 222 g/mol. The molecule has 0 aromatic carbocycles. The van der Waals surface area contributed by atoms with Gasteiger partial charge in [0.05, 0.1) is 12.1 Å². The summed E-state index contributed by atoms with van der Waals surface area (Å²) in [7, 11) is 0. The molecule has 0 aliphatic carbocycles. The molecule has 0 saturated heterocycles. The first kappa shape index (κ1) is 15.9. The molecule has 0 fully saturated rings. The number of rotatable bonds is 3. The van der Waals surface area contributed by atoms with Gasteiger partial charge >= 0.3 is 11.9 Å². The van der Waals surface area contributed by atoms with Crippen molar-refractivity contribution < 1.29 is 19.8 Å². The molecular weight excluding hydrogens is 212 g/mol. The molecule has 16 heavy (non-hydrogen) atoms. The van der Waals surface area contributed by atoms with Crippen molar-refractivity contribution in [1.29, 1.82) is 10.5 Å². The third-order valence-electron chi connectivity index (χ3n) is 1.19. The molecule has 2 N–H and O–H groups in total. The number of carbonyl (C=O) groups is 2. The molecule has 0 aliphatic heterocycles. The Morgan fingerprint density at radius 3 is 1.94 bits per heavy atom. The molecule has 0 heterocycles. The van der Waals surface area contributed by atoms with Crippen LogP contribution in [0.2, 0.25) is 0 Å².